The first-order valence-electron chi connectivity index (χ1n) is 9.81. The summed E-state index contributed by atoms with van der Waals surface area (Å²) in [6, 6.07) is 14.3. The molecule has 30 heavy (non-hydrogen) atoms. The maximum Gasteiger partial charge on any atom is 0.161 e. The Morgan fingerprint density at radius 1 is 0.800 bits per heavy atom. The summed E-state index contributed by atoms with van der Waals surface area (Å²) in [7, 11) is 6.61. The van der Waals surface area contributed by atoms with E-state index >= 15 is 0 Å². The summed E-state index contributed by atoms with van der Waals surface area (Å²) in [6.45, 7) is 0. The second kappa shape index (κ2) is 8.63. The van der Waals surface area contributed by atoms with Crippen molar-refractivity contribution in [2.75, 3.05) is 28.4 Å². The van der Waals surface area contributed by atoms with Crippen molar-refractivity contribution in [1.29, 1.82) is 0 Å². The zero-order valence-electron chi connectivity index (χ0n) is 17.6. The first-order chi connectivity index (χ1) is 14.7. The molecular weight excluding hydrogens is 380 g/mol. The van der Waals surface area contributed by atoms with Crippen LogP contribution in [-0.2, 0) is 6.42 Å². The second-order valence-electron chi connectivity index (χ2n) is 7.16. The molecule has 2 heterocycles. The number of rotatable bonds is 6. The normalized spacial score (nSPS) is 17.7. The zero-order chi connectivity index (χ0) is 21.1. The second-order valence-corrected chi connectivity index (χ2v) is 7.16. The van der Waals surface area contributed by atoms with E-state index in [1.807, 2.05) is 24.4 Å². The molecule has 6 nitrogen and oxygen atoms in total. The summed E-state index contributed by atoms with van der Waals surface area (Å²) >= 11 is 0. The maximum absolute atomic E-state index is 5.57. The SMILES string of the molecule is COc1ccc([C@@H]2N[C@H](c3cccnc3)Cc3cc(OC)c(OC)cc32)cc1OC. The standard InChI is InChI=1S/C24H26N2O4/c1-27-20-8-7-15(11-21(20)28-2)24-18-13-23(30-4)22(29-3)12-17(18)10-19(26-24)16-6-5-9-25-14-16/h5-9,11-14,19,24,26H,10H2,1-4H3/t19-,24-/m0/s1. The van der Waals surface area contributed by atoms with Gasteiger partial charge >= 0.3 is 0 Å². The van der Waals surface area contributed by atoms with Gasteiger partial charge in [0.05, 0.1) is 34.5 Å². The van der Waals surface area contributed by atoms with Gasteiger partial charge in [-0.05, 0) is 59.0 Å². The third kappa shape index (κ3) is 3.66. The lowest BCUT2D eigenvalue weighted by molar-refractivity contribution is 0.349. The van der Waals surface area contributed by atoms with E-state index in [9.17, 15) is 0 Å². The number of methoxy groups -OCH3 is 4. The molecule has 4 rings (SSSR count). The Balaban J connectivity index is 1.84. The average Bonchev–Trinajstić information content (AvgIpc) is 2.82. The molecule has 0 aliphatic carbocycles. The van der Waals surface area contributed by atoms with E-state index in [4.69, 9.17) is 18.9 Å². The molecule has 0 spiro atoms. The predicted molar refractivity (Wildman–Crippen MR) is 115 cm³/mol. The van der Waals surface area contributed by atoms with Gasteiger partial charge in [0.15, 0.2) is 23.0 Å². The molecule has 1 aliphatic heterocycles. The highest BCUT2D eigenvalue weighted by molar-refractivity contribution is 5.54. The first kappa shape index (κ1) is 20.0. The molecule has 1 N–H and O–H groups in total. The lowest BCUT2D eigenvalue weighted by atomic mass is 9.84. The molecule has 0 radical (unpaired) electrons. The number of hydrogen-bond acceptors (Lipinski definition) is 6. The van der Waals surface area contributed by atoms with Crippen molar-refractivity contribution < 1.29 is 18.9 Å². The highest BCUT2D eigenvalue weighted by atomic mass is 16.5. The van der Waals surface area contributed by atoms with Crippen LogP contribution >= 0.6 is 0 Å². The topological polar surface area (TPSA) is 61.8 Å². The number of ether oxygens (including phenoxy) is 4. The summed E-state index contributed by atoms with van der Waals surface area (Å²) in [5.74, 6) is 2.84. The lowest BCUT2D eigenvalue weighted by Crippen LogP contribution is -2.34. The van der Waals surface area contributed by atoms with Gasteiger partial charge in [-0.1, -0.05) is 12.1 Å². The van der Waals surface area contributed by atoms with Crippen molar-refractivity contribution in [1.82, 2.24) is 10.3 Å². The van der Waals surface area contributed by atoms with E-state index in [0.717, 1.165) is 28.9 Å². The Morgan fingerprint density at radius 2 is 1.50 bits per heavy atom. The fourth-order valence-corrected chi connectivity index (χ4v) is 4.06. The van der Waals surface area contributed by atoms with Crippen LogP contribution in [0.1, 0.15) is 34.3 Å². The van der Waals surface area contributed by atoms with Crippen molar-refractivity contribution in [3.63, 3.8) is 0 Å². The molecule has 0 amide bonds. The van der Waals surface area contributed by atoms with E-state index in [-0.39, 0.29) is 12.1 Å². The Hall–Kier alpha value is -3.25. The van der Waals surface area contributed by atoms with Gasteiger partial charge in [0, 0.05) is 18.4 Å². The minimum Gasteiger partial charge on any atom is -0.493 e. The van der Waals surface area contributed by atoms with Crippen LogP contribution in [-0.4, -0.2) is 33.4 Å². The van der Waals surface area contributed by atoms with E-state index in [1.165, 1.54) is 5.56 Å². The summed E-state index contributed by atoms with van der Waals surface area (Å²) in [4.78, 5) is 4.30. The molecule has 0 unspecified atom stereocenters. The Labute approximate surface area is 176 Å². The molecule has 6 heteroatoms. The quantitative estimate of drug-likeness (QED) is 0.665. The summed E-state index contributed by atoms with van der Waals surface area (Å²) in [5, 5.41) is 3.79. The van der Waals surface area contributed by atoms with Crippen molar-refractivity contribution in [3.05, 3.63) is 77.1 Å². The number of fused-ring (bicyclic) bond motifs is 1. The van der Waals surface area contributed by atoms with Gasteiger partial charge < -0.3 is 18.9 Å². The molecular formula is C24H26N2O4. The number of aromatic nitrogens is 1. The molecule has 1 aromatic heterocycles. The van der Waals surface area contributed by atoms with Gasteiger partial charge in [-0.15, -0.1) is 0 Å². The van der Waals surface area contributed by atoms with Crippen LogP contribution < -0.4 is 24.3 Å². The van der Waals surface area contributed by atoms with E-state index in [1.54, 1.807) is 34.6 Å². The molecule has 0 bridgehead atoms. The lowest BCUT2D eigenvalue weighted by Gasteiger charge is -2.34. The fourth-order valence-electron chi connectivity index (χ4n) is 4.06. The molecule has 2 atom stereocenters. The van der Waals surface area contributed by atoms with Crippen LogP contribution in [0.25, 0.3) is 0 Å². The Kier molecular flexibility index (Phi) is 5.77. The fraction of sp³-hybridized carbons (Fsp3) is 0.292. The molecule has 0 saturated heterocycles. The smallest absolute Gasteiger partial charge is 0.161 e. The highest BCUT2D eigenvalue weighted by Gasteiger charge is 2.30. The number of hydrogen-bond donors (Lipinski definition) is 1. The van der Waals surface area contributed by atoms with Crippen LogP contribution in [0.2, 0.25) is 0 Å². The van der Waals surface area contributed by atoms with E-state index < -0.39 is 0 Å². The molecule has 0 fully saturated rings. The summed E-state index contributed by atoms with van der Waals surface area (Å²) < 4.78 is 22.1. The molecule has 156 valence electrons. The minimum absolute atomic E-state index is 0.0569. The molecule has 3 aromatic rings. The van der Waals surface area contributed by atoms with Crippen molar-refractivity contribution in [2.45, 2.75) is 18.5 Å². The van der Waals surface area contributed by atoms with Gasteiger partial charge in [-0.3, -0.25) is 10.3 Å². The maximum atomic E-state index is 5.57. The average molecular weight is 406 g/mol. The molecule has 0 saturated carbocycles. The van der Waals surface area contributed by atoms with Gasteiger partial charge in [0.25, 0.3) is 0 Å². The van der Waals surface area contributed by atoms with Crippen LogP contribution in [0.4, 0.5) is 0 Å². The Morgan fingerprint density at radius 3 is 2.17 bits per heavy atom. The molecule has 2 aromatic carbocycles. The number of nitrogens with one attached hydrogen (secondary N) is 1. The third-order valence-electron chi connectivity index (χ3n) is 5.58. The summed E-state index contributed by atoms with van der Waals surface area (Å²) in [5.41, 5.74) is 4.58. The van der Waals surface area contributed by atoms with Gasteiger partial charge in [-0.2, -0.15) is 0 Å². The number of pyridine rings is 1. The van der Waals surface area contributed by atoms with Crippen molar-refractivity contribution in [3.8, 4) is 23.0 Å². The van der Waals surface area contributed by atoms with Crippen molar-refractivity contribution in [2.24, 2.45) is 0 Å². The van der Waals surface area contributed by atoms with Crippen LogP contribution in [0, 0.1) is 0 Å². The minimum atomic E-state index is -0.0569. The van der Waals surface area contributed by atoms with E-state index in [0.29, 0.717) is 17.2 Å². The number of benzene rings is 2. The predicted octanol–water partition coefficient (Wildman–Crippen LogP) is 4.09. The zero-order valence-corrected chi connectivity index (χ0v) is 17.6. The van der Waals surface area contributed by atoms with Crippen LogP contribution in [0.3, 0.4) is 0 Å². The van der Waals surface area contributed by atoms with Crippen LogP contribution in [0.15, 0.2) is 54.9 Å². The monoisotopic (exact) mass is 406 g/mol. The number of nitrogens with zero attached hydrogens (tertiary/aromatic N) is 1. The van der Waals surface area contributed by atoms with Gasteiger partial charge in [-0.25, -0.2) is 0 Å². The first-order valence-corrected chi connectivity index (χ1v) is 9.81. The third-order valence-corrected chi connectivity index (χ3v) is 5.58. The Bertz CT molecular complexity index is 1020. The summed E-state index contributed by atoms with van der Waals surface area (Å²) in [6.07, 6.45) is 4.53. The van der Waals surface area contributed by atoms with Crippen molar-refractivity contribution >= 4 is 0 Å². The largest absolute Gasteiger partial charge is 0.493 e. The molecule has 1 aliphatic rings. The van der Waals surface area contributed by atoms with Gasteiger partial charge in [0.1, 0.15) is 0 Å². The van der Waals surface area contributed by atoms with Gasteiger partial charge in [0.2, 0.25) is 0 Å². The highest BCUT2D eigenvalue weighted by Crippen LogP contribution is 2.42. The van der Waals surface area contributed by atoms with E-state index in [2.05, 4.69) is 34.6 Å². The van der Waals surface area contributed by atoms with Crippen LogP contribution in [0.5, 0.6) is 23.0 Å².